The minimum absolute atomic E-state index is 0.00407. The van der Waals surface area contributed by atoms with Gasteiger partial charge in [-0.3, -0.25) is 9.69 Å². The number of imide groups is 1. The van der Waals surface area contributed by atoms with Gasteiger partial charge in [-0.2, -0.15) is 0 Å². The number of aliphatic hydroxyl groups excluding tert-OH is 1. The maximum absolute atomic E-state index is 13.0. The van der Waals surface area contributed by atoms with Crippen molar-refractivity contribution in [3.8, 4) is 5.75 Å². The molecule has 2 aromatic carbocycles. The average molecular weight is 366 g/mol. The van der Waals surface area contributed by atoms with E-state index in [1.54, 1.807) is 6.07 Å². The Morgan fingerprint density at radius 3 is 2.85 bits per heavy atom. The van der Waals surface area contributed by atoms with Gasteiger partial charge in [-0.05, 0) is 48.6 Å². The summed E-state index contributed by atoms with van der Waals surface area (Å²) in [4.78, 5) is 26.6. The van der Waals surface area contributed by atoms with Gasteiger partial charge in [-0.15, -0.1) is 0 Å². The summed E-state index contributed by atoms with van der Waals surface area (Å²) in [5.74, 6) is 0.347. The molecular weight excluding hydrogens is 344 g/mol. The zero-order chi connectivity index (χ0) is 19.0. The summed E-state index contributed by atoms with van der Waals surface area (Å²) in [6.45, 7) is 1.86. The molecule has 0 saturated carbocycles. The molecule has 1 fully saturated rings. The molecule has 2 N–H and O–H groups in total. The summed E-state index contributed by atoms with van der Waals surface area (Å²) in [5, 5.41) is 13.2. The predicted molar refractivity (Wildman–Crippen MR) is 99.4 cm³/mol. The fraction of sp³-hybridized carbons (Fsp3) is 0.333. The molecule has 1 aliphatic carbocycles. The third-order valence-electron chi connectivity index (χ3n) is 5.25. The summed E-state index contributed by atoms with van der Waals surface area (Å²) in [5.41, 5.74) is 2.00. The zero-order valence-corrected chi connectivity index (χ0v) is 15.1. The molecule has 27 heavy (non-hydrogen) atoms. The number of nitrogens with one attached hydrogen (secondary N) is 1. The van der Waals surface area contributed by atoms with Crippen LogP contribution in [0.1, 0.15) is 23.1 Å². The summed E-state index contributed by atoms with van der Waals surface area (Å²) in [6.07, 6.45) is 0.324. The summed E-state index contributed by atoms with van der Waals surface area (Å²) in [6, 6.07) is 14.7. The molecule has 0 radical (unpaired) electrons. The molecule has 0 bridgehead atoms. The highest BCUT2D eigenvalue weighted by Gasteiger charge is 2.55. The smallest absolute Gasteiger partial charge is 0.325 e. The van der Waals surface area contributed by atoms with Crippen molar-refractivity contribution >= 4 is 11.9 Å². The van der Waals surface area contributed by atoms with E-state index in [2.05, 4.69) is 5.32 Å². The van der Waals surface area contributed by atoms with E-state index in [4.69, 9.17) is 4.74 Å². The van der Waals surface area contributed by atoms with Gasteiger partial charge in [-0.25, -0.2) is 4.79 Å². The number of hydrogen-bond donors (Lipinski definition) is 2. The van der Waals surface area contributed by atoms with E-state index in [9.17, 15) is 14.7 Å². The van der Waals surface area contributed by atoms with E-state index in [-0.39, 0.29) is 19.1 Å². The molecule has 1 aliphatic heterocycles. The van der Waals surface area contributed by atoms with E-state index in [0.717, 1.165) is 28.0 Å². The Kier molecular flexibility index (Phi) is 4.36. The molecule has 1 spiro atoms. The lowest BCUT2D eigenvalue weighted by atomic mass is 9.92. The van der Waals surface area contributed by atoms with Crippen molar-refractivity contribution in [2.45, 2.75) is 31.4 Å². The molecule has 6 heteroatoms. The number of ether oxygens (including phenoxy) is 1. The molecule has 140 valence electrons. The van der Waals surface area contributed by atoms with Gasteiger partial charge in [0.2, 0.25) is 0 Å². The lowest BCUT2D eigenvalue weighted by Crippen LogP contribution is -2.43. The number of carbonyl (C=O) groups excluding carboxylic acids is 2. The minimum atomic E-state index is -0.995. The molecule has 1 heterocycles. The van der Waals surface area contributed by atoms with E-state index in [1.165, 1.54) is 0 Å². The van der Waals surface area contributed by atoms with Crippen LogP contribution in [0.5, 0.6) is 5.75 Å². The fourth-order valence-corrected chi connectivity index (χ4v) is 3.92. The van der Waals surface area contributed by atoms with Gasteiger partial charge in [0, 0.05) is 0 Å². The number of fused-ring (bicyclic) bond motifs is 2. The normalized spacial score (nSPS) is 22.1. The number of β-amino-alcohol motifs (C(OH)–C–C–N with tert-alkyl or cyclic N) is 1. The Morgan fingerprint density at radius 1 is 1.22 bits per heavy atom. The quantitative estimate of drug-likeness (QED) is 0.795. The highest BCUT2D eigenvalue weighted by atomic mass is 16.5. The van der Waals surface area contributed by atoms with Crippen LogP contribution in [0.25, 0.3) is 0 Å². The molecule has 2 aliphatic rings. The van der Waals surface area contributed by atoms with Gasteiger partial charge in [-0.1, -0.05) is 36.4 Å². The van der Waals surface area contributed by atoms with Crippen molar-refractivity contribution in [3.05, 3.63) is 65.2 Å². The Labute approximate surface area is 157 Å². The van der Waals surface area contributed by atoms with Crippen molar-refractivity contribution in [2.24, 2.45) is 0 Å². The number of nitrogens with zero attached hydrogens (tertiary/aromatic N) is 1. The van der Waals surface area contributed by atoms with Gasteiger partial charge >= 0.3 is 6.03 Å². The van der Waals surface area contributed by atoms with Crippen LogP contribution in [0, 0.1) is 6.92 Å². The first-order valence-corrected chi connectivity index (χ1v) is 9.10. The molecule has 4 rings (SSSR count). The number of hydrogen-bond acceptors (Lipinski definition) is 4. The van der Waals surface area contributed by atoms with E-state index < -0.39 is 17.7 Å². The minimum Gasteiger partial charge on any atom is -0.491 e. The van der Waals surface area contributed by atoms with Crippen LogP contribution in [0.15, 0.2) is 48.5 Å². The fourth-order valence-electron chi connectivity index (χ4n) is 3.92. The molecule has 2 aromatic rings. The molecule has 1 saturated heterocycles. The number of rotatable bonds is 5. The average Bonchev–Trinajstić information content (AvgIpc) is 3.14. The first-order chi connectivity index (χ1) is 13.0. The maximum atomic E-state index is 13.0. The number of aryl methyl sites for hydroxylation is 2. The molecule has 3 amide bonds. The monoisotopic (exact) mass is 366 g/mol. The first-order valence-electron chi connectivity index (χ1n) is 9.10. The van der Waals surface area contributed by atoms with Gasteiger partial charge < -0.3 is 15.2 Å². The maximum Gasteiger partial charge on any atom is 0.325 e. The number of aliphatic hydroxyl groups is 1. The number of carbonyl (C=O) groups is 2. The lowest BCUT2D eigenvalue weighted by Gasteiger charge is -2.23. The Hall–Kier alpha value is -2.86. The third kappa shape index (κ3) is 3.06. The number of urea groups is 1. The number of benzene rings is 2. The highest BCUT2D eigenvalue weighted by Crippen LogP contribution is 2.41. The SMILES string of the molecule is Cc1cccc(OCC(O)CN2C(=O)NC3(CCc4ccccc43)C2=O)c1. The Morgan fingerprint density at radius 2 is 2.04 bits per heavy atom. The molecule has 0 aromatic heterocycles. The van der Waals surface area contributed by atoms with Crippen LogP contribution < -0.4 is 10.1 Å². The van der Waals surface area contributed by atoms with Crippen molar-refractivity contribution in [1.29, 1.82) is 0 Å². The zero-order valence-electron chi connectivity index (χ0n) is 15.1. The van der Waals surface area contributed by atoms with Crippen LogP contribution in [-0.2, 0) is 16.8 Å². The standard InChI is InChI=1S/C21H22N2O4/c1-14-5-4-7-17(11-14)27-13-16(24)12-23-19(25)21(22-20(23)26)10-9-15-6-2-3-8-18(15)21/h2-8,11,16,24H,9-10,12-13H2,1H3,(H,22,26). The van der Waals surface area contributed by atoms with Gasteiger partial charge in [0.05, 0.1) is 6.54 Å². The molecular formula is C21H22N2O4. The largest absolute Gasteiger partial charge is 0.491 e. The second-order valence-electron chi connectivity index (χ2n) is 7.19. The topological polar surface area (TPSA) is 78.9 Å². The Bertz CT molecular complexity index is 897. The van der Waals surface area contributed by atoms with E-state index >= 15 is 0 Å². The highest BCUT2D eigenvalue weighted by molar-refractivity contribution is 6.08. The summed E-state index contributed by atoms with van der Waals surface area (Å²) in [7, 11) is 0. The lowest BCUT2D eigenvalue weighted by molar-refractivity contribution is -0.132. The number of amides is 3. The second kappa shape index (κ2) is 6.70. The van der Waals surface area contributed by atoms with Crippen LogP contribution >= 0.6 is 0 Å². The van der Waals surface area contributed by atoms with Crippen LogP contribution in [0.2, 0.25) is 0 Å². The Balaban J connectivity index is 1.44. The van der Waals surface area contributed by atoms with Gasteiger partial charge in [0.25, 0.3) is 5.91 Å². The van der Waals surface area contributed by atoms with Crippen molar-refractivity contribution in [3.63, 3.8) is 0 Å². The predicted octanol–water partition coefficient (Wildman–Crippen LogP) is 2.13. The van der Waals surface area contributed by atoms with Crippen LogP contribution in [-0.4, -0.2) is 41.2 Å². The van der Waals surface area contributed by atoms with Crippen molar-refractivity contribution in [1.82, 2.24) is 10.2 Å². The molecule has 2 unspecified atom stereocenters. The van der Waals surface area contributed by atoms with Crippen molar-refractivity contribution < 1.29 is 19.4 Å². The van der Waals surface area contributed by atoms with E-state index in [0.29, 0.717) is 12.2 Å². The molecule has 2 atom stereocenters. The first kappa shape index (κ1) is 17.5. The van der Waals surface area contributed by atoms with Crippen LogP contribution in [0.3, 0.4) is 0 Å². The van der Waals surface area contributed by atoms with Crippen molar-refractivity contribution in [2.75, 3.05) is 13.2 Å². The van der Waals surface area contributed by atoms with Gasteiger partial charge in [0.1, 0.15) is 24.0 Å². The third-order valence-corrected chi connectivity index (χ3v) is 5.25. The van der Waals surface area contributed by atoms with Gasteiger partial charge in [0.15, 0.2) is 0 Å². The van der Waals surface area contributed by atoms with Crippen LogP contribution in [0.4, 0.5) is 4.79 Å². The summed E-state index contributed by atoms with van der Waals surface area (Å²) < 4.78 is 5.58. The summed E-state index contributed by atoms with van der Waals surface area (Å²) >= 11 is 0. The second-order valence-corrected chi connectivity index (χ2v) is 7.19. The molecule has 6 nitrogen and oxygen atoms in total. The van der Waals surface area contributed by atoms with E-state index in [1.807, 2.05) is 49.4 Å².